The van der Waals surface area contributed by atoms with Crippen LogP contribution in [0.15, 0.2) is 48.5 Å². The van der Waals surface area contributed by atoms with E-state index in [1.807, 2.05) is 0 Å². The fourth-order valence-electron chi connectivity index (χ4n) is 5.00. The number of hydrogen-bond donors (Lipinski definition) is 3. The monoisotopic (exact) mass is 568 g/mol. The summed E-state index contributed by atoms with van der Waals surface area (Å²) in [7, 11) is 0. The molecular formula is C29H36N4O8. The Kier molecular flexibility index (Phi) is 9.71. The zero-order valence-electron chi connectivity index (χ0n) is 23.3. The molecule has 12 heteroatoms. The number of rotatable bonds is 6. The average Bonchev–Trinajstić information content (AvgIpc) is 3.58. The maximum absolute atomic E-state index is 13.7. The van der Waals surface area contributed by atoms with E-state index >= 15 is 0 Å². The number of carbonyl (C=O) groups excluding carboxylic acids is 4. The van der Waals surface area contributed by atoms with Crippen molar-refractivity contribution in [2.24, 2.45) is 0 Å². The normalized spacial score (nSPS) is 18.3. The van der Waals surface area contributed by atoms with Gasteiger partial charge in [0.2, 0.25) is 11.8 Å². The van der Waals surface area contributed by atoms with Crippen LogP contribution in [0.1, 0.15) is 67.2 Å². The third-order valence-corrected chi connectivity index (χ3v) is 6.83. The van der Waals surface area contributed by atoms with Gasteiger partial charge in [-0.05, 0) is 70.7 Å². The predicted molar refractivity (Wildman–Crippen MR) is 151 cm³/mol. The lowest BCUT2D eigenvalue weighted by Crippen LogP contribution is -2.46. The molecule has 0 spiro atoms. The van der Waals surface area contributed by atoms with Crippen LogP contribution >= 0.6 is 0 Å². The first kappa shape index (κ1) is 31.1. The SMILES string of the molecule is CC(C)(C)OC(=O)N1CCC[C@H]1C(=O)Nc1ccccc1C(=O)N1CCC[C@H]1C(=O)Nc1ccccc1C(=O)O.O. The van der Waals surface area contributed by atoms with Crippen LogP contribution in [0, 0.1) is 0 Å². The van der Waals surface area contributed by atoms with Crippen LogP contribution in [0.25, 0.3) is 0 Å². The molecule has 0 aliphatic carbocycles. The van der Waals surface area contributed by atoms with Crippen LogP contribution in [-0.2, 0) is 14.3 Å². The third kappa shape index (κ3) is 7.20. The van der Waals surface area contributed by atoms with Crippen molar-refractivity contribution >= 4 is 41.2 Å². The molecular weight excluding hydrogens is 532 g/mol. The second-order valence-corrected chi connectivity index (χ2v) is 10.9. The number of anilines is 2. The number of carboxylic acid groups (broad SMARTS) is 1. The molecule has 2 aliphatic rings. The van der Waals surface area contributed by atoms with Crippen molar-refractivity contribution in [3.8, 4) is 0 Å². The number of aromatic carboxylic acids is 1. The summed E-state index contributed by atoms with van der Waals surface area (Å²) in [6.45, 7) is 6.00. The lowest BCUT2D eigenvalue weighted by Gasteiger charge is -2.28. The summed E-state index contributed by atoms with van der Waals surface area (Å²) in [5.41, 5.74) is -0.113. The highest BCUT2D eigenvalue weighted by molar-refractivity contribution is 6.08. The number of nitrogens with one attached hydrogen (secondary N) is 2. The Balaban J connectivity index is 0.00000462. The Morgan fingerprint density at radius 1 is 0.780 bits per heavy atom. The summed E-state index contributed by atoms with van der Waals surface area (Å²) < 4.78 is 5.45. The van der Waals surface area contributed by atoms with E-state index in [2.05, 4.69) is 10.6 Å². The average molecular weight is 569 g/mol. The number of likely N-dealkylation sites (tertiary alicyclic amines) is 2. The third-order valence-electron chi connectivity index (χ3n) is 6.83. The molecule has 5 N–H and O–H groups in total. The molecule has 2 saturated heterocycles. The minimum absolute atomic E-state index is 0. The quantitative estimate of drug-likeness (QED) is 0.479. The Morgan fingerprint density at radius 3 is 1.78 bits per heavy atom. The summed E-state index contributed by atoms with van der Waals surface area (Å²) in [5.74, 6) is -2.52. The van der Waals surface area contributed by atoms with Gasteiger partial charge in [0.1, 0.15) is 17.7 Å². The largest absolute Gasteiger partial charge is 0.478 e. The summed E-state index contributed by atoms with van der Waals surface area (Å²) in [4.78, 5) is 67.1. The van der Waals surface area contributed by atoms with Gasteiger partial charge in [0.05, 0.1) is 22.5 Å². The Hall–Kier alpha value is -4.45. The molecule has 220 valence electrons. The smallest absolute Gasteiger partial charge is 0.410 e. The number of carbonyl (C=O) groups is 5. The van der Waals surface area contributed by atoms with Crippen LogP contribution in [0.3, 0.4) is 0 Å². The first-order valence-corrected chi connectivity index (χ1v) is 13.3. The van der Waals surface area contributed by atoms with Gasteiger partial charge in [-0.25, -0.2) is 9.59 Å². The van der Waals surface area contributed by atoms with E-state index in [0.717, 1.165) is 0 Å². The van der Waals surface area contributed by atoms with Gasteiger partial charge in [-0.15, -0.1) is 0 Å². The number of hydrogen-bond acceptors (Lipinski definition) is 6. The van der Waals surface area contributed by atoms with Crippen molar-refractivity contribution in [2.45, 2.75) is 64.1 Å². The molecule has 4 amide bonds. The Morgan fingerprint density at radius 2 is 1.24 bits per heavy atom. The molecule has 2 aromatic rings. The molecule has 0 radical (unpaired) electrons. The van der Waals surface area contributed by atoms with E-state index in [9.17, 15) is 29.1 Å². The highest BCUT2D eigenvalue weighted by Gasteiger charge is 2.38. The molecule has 41 heavy (non-hydrogen) atoms. The van der Waals surface area contributed by atoms with Gasteiger partial charge in [0, 0.05) is 13.1 Å². The van der Waals surface area contributed by atoms with Gasteiger partial charge in [0.15, 0.2) is 0 Å². The summed E-state index contributed by atoms with van der Waals surface area (Å²) in [6.07, 6.45) is 1.55. The summed E-state index contributed by atoms with van der Waals surface area (Å²) >= 11 is 0. The molecule has 0 aromatic heterocycles. The zero-order valence-corrected chi connectivity index (χ0v) is 23.3. The first-order chi connectivity index (χ1) is 19.0. The van der Waals surface area contributed by atoms with Crippen molar-refractivity contribution in [3.05, 3.63) is 59.7 Å². The van der Waals surface area contributed by atoms with E-state index in [0.29, 0.717) is 38.8 Å². The maximum Gasteiger partial charge on any atom is 0.410 e. The van der Waals surface area contributed by atoms with Crippen LogP contribution < -0.4 is 10.6 Å². The topological polar surface area (TPSA) is 177 Å². The molecule has 4 rings (SSSR count). The predicted octanol–water partition coefficient (Wildman–Crippen LogP) is 3.14. The molecule has 12 nitrogen and oxygen atoms in total. The standard InChI is InChI=1S/C29H34N4O7.H2O/c1-29(2,3)40-28(39)33-17-9-15-23(33)25(35)30-20-12-6-4-10-18(20)26(36)32-16-8-14-22(32)24(34)31-21-13-7-5-11-19(21)27(37)38;/h4-7,10-13,22-23H,8-9,14-17H2,1-3H3,(H,30,35)(H,31,34)(H,37,38);1H2/t22-,23-;/m0./s1. The van der Waals surface area contributed by atoms with Crippen molar-refractivity contribution in [1.29, 1.82) is 0 Å². The summed E-state index contributed by atoms with van der Waals surface area (Å²) in [6, 6.07) is 11.1. The number of ether oxygens (including phenoxy) is 1. The molecule has 0 bridgehead atoms. The highest BCUT2D eigenvalue weighted by atomic mass is 16.6. The van der Waals surface area contributed by atoms with E-state index < -0.39 is 47.5 Å². The number of carboxylic acids is 1. The first-order valence-electron chi connectivity index (χ1n) is 13.3. The maximum atomic E-state index is 13.7. The molecule has 2 heterocycles. The molecule has 0 saturated carbocycles. The van der Waals surface area contributed by atoms with Gasteiger partial charge in [-0.2, -0.15) is 0 Å². The van der Waals surface area contributed by atoms with Crippen LogP contribution in [0.4, 0.5) is 16.2 Å². The van der Waals surface area contributed by atoms with E-state index in [1.54, 1.807) is 57.2 Å². The number of amides is 4. The fourth-order valence-corrected chi connectivity index (χ4v) is 5.00. The molecule has 2 aliphatic heterocycles. The van der Waals surface area contributed by atoms with Gasteiger partial charge >= 0.3 is 12.1 Å². The van der Waals surface area contributed by atoms with Crippen molar-refractivity contribution in [2.75, 3.05) is 23.7 Å². The van der Waals surface area contributed by atoms with Gasteiger partial charge in [-0.3, -0.25) is 19.3 Å². The van der Waals surface area contributed by atoms with Gasteiger partial charge in [-0.1, -0.05) is 24.3 Å². The number of benzene rings is 2. The highest BCUT2D eigenvalue weighted by Crippen LogP contribution is 2.27. The van der Waals surface area contributed by atoms with Gasteiger partial charge in [0.25, 0.3) is 5.91 Å². The van der Waals surface area contributed by atoms with Crippen molar-refractivity contribution < 1.29 is 39.3 Å². The van der Waals surface area contributed by atoms with E-state index in [1.165, 1.54) is 21.9 Å². The van der Waals surface area contributed by atoms with Gasteiger partial charge < -0.3 is 30.9 Å². The molecule has 2 fully saturated rings. The van der Waals surface area contributed by atoms with E-state index in [-0.39, 0.29) is 28.0 Å². The minimum atomic E-state index is -1.17. The number of para-hydroxylation sites is 2. The van der Waals surface area contributed by atoms with Crippen LogP contribution in [-0.4, -0.2) is 80.9 Å². The Bertz CT molecular complexity index is 1320. The fraction of sp³-hybridized carbons (Fsp3) is 0.414. The minimum Gasteiger partial charge on any atom is -0.478 e. The van der Waals surface area contributed by atoms with Crippen LogP contribution in [0.2, 0.25) is 0 Å². The Labute approximate surface area is 237 Å². The zero-order chi connectivity index (χ0) is 29.0. The lowest BCUT2D eigenvalue weighted by atomic mass is 10.1. The molecule has 2 aromatic carbocycles. The number of nitrogens with zero attached hydrogens (tertiary/aromatic N) is 2. The second-order valence-electron chi connectivity index (χ2n) is 10.9. The van der Waals surface area contributed by atoms with Crippen LogP contribution in [0.5, 0.6) is 0 Å². The second kappa shape index (κ2) is 12.8. The van der Waals surface area contributed by atoms with Crippen molar-refractivity contribution in [3.63, 3.8) is 0 Å². The summed E-state index contributed by atoms with van der Waals surface area (Å²) in [5, 5.41) is 14.9. The lowest BCUT2D eigenvalue weighted by molar-refractivity contribution is -0.120. The molecule has 2 atom stereocenters. The van der Waals surface area contributed by atoms with Crippen molar-refractivity contribution in [1.82, 2.24) is 9.80 Å². The molecule has 0 unspecified atom stereocenters. The van der Waals surface area contributed by atoms with E-state index in [4.69, 9.17) is 4.74 Å².